The molecule has 0 spiro atoms. The number of fused-ring (bicyclic) bond motifs is 1. The van der Waals surface area contributed by atoms with Gasteiger partial charge in [0.15, 0.2) is 0 Å². The molecule has 0 fully saturated rings. The predicted octanol–water partition coefficient (Wildman–Crippen LogP) is 1.09. The number of thiophene rings is 1. The number of hydrogen-bond acceptors (Lipinski definition) is 5. The van der Waals surface area contributed by atoms with E-state index in [1.165, 1.54) is 16.2 Å². The Bertz CT molecular complexity index is 653. The van der Waals surface area contributed by atoms with Gasteiger partial charge in [-0.15, -0.1) is 11.3 Å². The molecule has 0 aliphatic carbocycles. The Morgan fingerprint density at radius 1 is 1.50 bits per heavy atom. The van der Waals surface area contributed by atoms with Crippen LogP contribution in [0.1, 0.15) is 16.6 Å². The quantitative estimate of drug-likeness (QED) is 0.883. The number of nitrogens with one attached hydrogen (secondary N) is 1. The van der Waals surface area contributed by atoms with Crippen molar-refractivity contribution in [1.82, 2.24) is 15.2 Å². The summed E-state index contributed by atoms with van der Waals surface area (Å²) in [5, 5.41) is 3.35. The molecular formula is C13H16N4O2S. The fourth-order valence-corrected chi connectivity index (χ4v) is 2.65. The number of rotatable bonds is 4. The average molecular weight is 292 g/mol. The highest BCUT2D eigenvalue weighted by atomic mass is 32.1. The van der Waals surface area contributed by atoms with Crippen molar-refractivity contribution < 1.29 is 9.59 Å². The lowest BCUT2D eigenvalue weighted by Gasteiger charge is -2.14. The van der Waals surface area contributed by atoms with Gasteiger partial charge < -0.3 is 16.0 Å². The molecule has 2 amide bonds. The van der Waals surface area contributed by atoms with Crippen LogP contribution in [0.3, 0.4) is 0 Å². The molecule has 0 aliphatic rings. The van der Waals surface area contributed by atoms with Gasteiger partial charge in [0.2, 0.25) is 5.91 Å². The fraction of sp³-hybridized carbons (Fsp3) is 0.308. The first-order valence-corrected chi connectivity index (χ1v) is 7.01. The molecule has 2 rings (SSSR count). The van der Waals surface area contributed by atoms with Crippen molar-refractivity contribution in [2.45, 2.75) is 6.92 Å². The van der Waals surface area contributed by atoms with Crippen molar-refractivity contribution >= 4 is 39.1 Å². The van der Waals surface area contributed by atoms with Crippen LogP contribution < -0.4 is 11.1 Å². The maximum absolute atomic E-state index is 12.1. The summed E-state index contributed by atoms with van der Waals surface area (Å²) in [5.74, 6) is -0.484. The van der Waals surface area contributed by atoms with E-state index in [9.17, 15) is 9.59 Å². The first-order chi connectivity index (χ1) is 9.54. The van der Waals surface area contributed by atoms with E-state index in [4.69, 9.17) is 5.73 Å². The number of anilines is 1. The molecule has 6 nitrogen and oxygen atoms in total. The molecule has 0 aliphatic heterocycles. The van der Waals surface area contributed by atoms with Crippen molar-refractivity contribution in [2.75, 3.05) is 25.9 Å². The molecule has 0 bridgehead atoms. The highest BCUT2D eigenvalue weighted by Crippen LogP contribution is 2.31. The number of nitrogen functional groups attached to an aromatic ring is 1. The van der Waals surface area contributed by atoms with Gasteiger partial charge in [-0.2, -0.15) is 0 Å². The van der Waals surface area contributed by atoms with Crippen LogP contribution in [0.2, 0.25) is 0 Å². The number of pyridine rings is 1. The minimum absolute atomic E-state index is 0.0374. The van der Waals surface area contributed by atoms with E-state index in [1.807, 2.05) is 13.0 Å². The maximum Gasteiger partial charge on any atom is 0.264 e. The third-order valence-corrected chi connectivity index (χ3v) is 4.14. The zero-order valence-corrected chi connectivity index (χ0v) is 12.2. The van der Waals surface area contributed by atoms with Crippen LogP contribution in [-0.2, 0) is 4.79 Å². The zero-order valence-electron chi connectivity index (χ0n) is 11.3. The highest BCUT2D eigenvalue weighted by molar-refractivity contribution is 7.21. The van der Waals surface area contributed by atoms with E-state index < -0.39 is 0 Å². The number of nitrogens with zero attached hydrogens (tertiary/aromatic N) is 2. The van der Waals surface area contributed by atoms with Gasteiger partial charge in [-0.25, -0.2) is 4.98 Å². The van der Waals surface area contributed by atoms with Gasteiger partial charge in [0.25, 0.3) is 5.91 Å². The fourth-order valence-electron chi connectivity index (χ4n) is 1.67. The van der Waals surface area contributed by atoms with Crippen molar-refractivity contribution in [1.29, 1.82) is 0 Å². The van der Waals surface area contributed by atoms with E-state index in [1.54, 1.807) is 19.3 Å². The second kappa shape index (κ2) is 5.87. The zero-order chi connectivity index (χ0) is 14.7. The molecule has 0 saturated carbocycles. The molecule has 0 aromatic carbocycles. The first kappa shape index (κ1) is 14.3. The Hall–Kier alpha value is -2.15. The van der Waals surface area contributed by atoms with Crippen LogP contribution in [-0.4, -0.2) is 41.8 Å². The highest BCUT2D eigenvalue weighted by Gasteiger charge is 2.17. The standard InChI is InChI=1S/C13H16N4O2S/c1-3-17(2)9(18)7-16-12(19)11-10(14)8-5-4-6-15-13(8)20-11/h4-6H,3,7,14H2,1-2H3,(H,16,19). The summed E-state index contributed by atoms with van der Waals surface area (Å²) >= 11 is 1.22. The average Bonchev–Trinajstić information content (AvgIpc) is 2.81. The largest absolute Gasteiger partial charge is 0.397 e. The second-order valence-corrected chi connectivity index (χ2v) is 5.29. The van der Waals surface area contributed by atoms with Gasteiger partial charge in [-0.1, -0.05) is 0 Å². The Morgan fingerprint density at radius 2 is 2.25 bits per heavy atom. The van der Waals surface area contributed by atoms with E-state index in [-0.39, 0.29) is 18.4 Å². The monoisotopic (exact) mass is 292 g/mol. The topological polar surface area (TPSA) is 88.3 Å². The first-order valence-electron chi connectivity index (χ1n) is 6.19. The summed E-state index contributed by atoms with van der Waals surface area (Å²) < 4.78 is 0. The van der Waals surface area contributed by atoms with Crippen LogP contribution >= 0.6 is 11.3 Å². The third kappa shape index (κ3) is 2.72. The summed E-state index contributed by atoms with van der Waals surface area (Å²) in [6, 6.07) is 3.59. The smallest absolute Gasteiger partial charge is 0.264 e. The van der Waals surface area contributed by atoms with Crippen molar-refractivity contribution in [3.63, 3.8) is 0 Å². The number of hydrogen-bond donors (Lipinski definition) is 2. The van der Waals surface area contributed by atoms with E-state index in [2.05, 4.69) is 10.3 Å². The summed E-state index contributed by atoms with van der Waals surface area (Å²) in [6.45, 7) is 2.43. The molecule has 106 valence electrons. The molecule has 0 unspecified atom stereocenters. The van der Waals surface area contributed by atoms with Crippen LogP contribution in [0, 0.1) is 0 Å². The summed E-state index contributed by atoms with van der Waals surface area (Å²) in [4.78, 5) is 30.5. The maximum atomic E-state index is 12.1. The van der Waals surface area contributed by atoms with Crippen LogP contribution in [0.15, 0.2) is 18.3 Å². The van der Waals surface area contributed by atoms with Gasteiger partial charge in [-0.3, -0.25) is 9.59 Å². The summed E-state index contributed by atoms with van der Waals surface area (Å²) in [6.07, 6.45) is 1.65. The van der Waals surface area contributed by atoms with E-state index in [0.717, 1.165) is 5.39 Å². The minimum atomic E-state index is -0.344. The lowest BCUT2D eigenvalue weighted by Crippen LogP contribution is -2.37. The lowest BCUT2D eigenvalue weighted by molar-refractivity contribution is -0.128. The Labute approximate surface area is 120 Å². The summed E-state index contributed by atoms with van der Waals surface area (Å²) in [7, 11) is 1.69. The van der Waals surface area contributed by atoms with Gasteiger partial charge in [-0.05, 0) is 19.1 Å². The Kier molecular flexibility index (Phi) is 4.19. The van der Waals surface area contributed by atoms with Crippen LogP contribution in [0.4, 0.5) is 5.69 Å². The van der Waals surface area contributed by atoms with E-state index >= 15 is 0 Å². The minimum Gasteiger partial charge on any atom is -0.397 e. The number of carbonyl (C=O) groups is 2. The number of amides is 2. The lowest BCUT2D eigenvalue weighted by atomic mass is 10.2. The van der Waals surface area contributed by atoms with Crippen molar-refractivity contribution in [3.05, 3.63) is 23.2 Å². The molecule has 0 saturated heterocycles. The molecule has 0 atom stereocenters. The molecule has 2 heterocycles. The van der Waals surface area contributed by atoms with E-state index in [0.29, 0.717) is 21.9 Å². The van der Waals surface area contributed by atoms with Gasteiger partial charge in [0, 0.05) is 25.2 Å². The Balaban J connectivity index is 2.12. The molecular weight excluding hydrogens is 276 g/mol. The third-order valence-electron chi connectivity index (χ3n) is 3.01. The Morgan fingerprint density at radius 3 is 2.90 bits per heavy atom. The van der Waals surface area contributed by atoms with Crippen molar-refractivity contribution in [2.24, 2.45) is 0 Å². The molecule has 2 aromatic heterocycles. The van der Waals surface area contributed by atoms with Crippen LogP contribution in [0.5, 0.6) is 0 Å². The number of carbonyl (C=O) groups excluding carboxylic acids is 2. The second-order valence-electron chi connectivity index (χ2n) is 4.29. The van der Waals surface area contributed by atoms with Crippen molar-refractivity contribution in [3.8, 4) is 0 Å². The van der Waals surface area contributed by atoms with Crippen LogP contribution in [0.25, 0.3) is 10.2 Å². The molecule has 7 heteroatoms. The number of likely N-dealkylation sites (N-methyl/N-ethyl adjacent to an activating group) is 1. The molecule has 0 radical (unpaired) electrons. The van der Waals surface area contributed by atoms with Gasteiger partial charge in [0.05, 0.1) is 12.2 Å². The molecule has 3 N–H and O–H groups in total. The van der Waals surface area contributed by atoms with Gasteiger partial charge >= 0.3 is 0 Å². The van der Waals surface area contributed by atoms with Gasteiger partial charge in [0.1, 0.15) is 9.71 Å². The predicted molar refractivity (Wildman–Crippen MR) is 79.7 cm³/mol. The normalized spacial score (nSPS) is 10.5. The molecule has 20 heavy (non-hydrogen) atoms. The summed E-state index contributed by atoms with van der Waals surface area (Å²) in [5.41, 5.74) is 6.36. The number of aromatic nitrogens is 1. The number of nitrogens with two attached hydrogens (primary N) is 1. The SMILES string of the molecule is CCN(C)C(=O)CNC(=O)c1sc2ncccc2c1N. The molecule has 2 aromatic rings.